The molecule has 0 bridgehead atoms. The summed E-state index contributed by atoms with van der Waals surface area (Å²) in [5.74, 6) is -0.825. The minimum absolute atomic E-state index is 0.0402. The summed E-state index contributed by atoms with van der Waals surface area (Å²) in [5.41, 5.74) is 2.67. The minimum atomic E-state index is -4.17. The van der Waals surface area contributed by atoms with Gasteiger partial charge in [-0.3, -0.25) is 13.9 Å². The molecule has 3 aromatic carbocycles. The Morgan fingerprint density at radius 1 is 0.902 bits per heavy atom. The highest BCUT2D eigenvalue weighted by molar-refractivity contribution is 7.92. The molecule has 3 rings (SSSR count). The molecule has 0 saturated carbocycles. The maximum absolute atomic E-state index is 14.1. The van der Waals surface area contributed by atoms with Crippen LogP contribution in [0.15, 0.2) is 71.6 Å². The minimum Gasteiger partial charge on any atom is -0.352 e. The first-order valence-corrected chi connectivity index (χ1v) is 15.8. The Morgan fingerprint density at radius 2 is 1.54 bits per heavy atom. The second-order valence-corrected chi connectivity index (χ2v) is 12.9. The average molecular weight is 619 g/mol. The summed E-state index contributed by atoms with van der Waals surface area (Å²) in [6, 6.07) is 17.4. The Labute approximate surface area is 253 Å². The molecule has 2 amide bonds. The smallest absolute Gasteiger partial charge is 0.264 e. The molecule has 41 heavy (non-hydrogen) atoms. The Kier molecular flexibility index (Phi) is 11.2. The van der Waals surface area contributed by atoms with E-state index in [0.29, 0.717) is 16.5 Å². The van der Waals surface area contributed by atoms with Crippen molar-refractivity contribution < 1.29 is 18.0 Å². The predicted octanol–water partition coefficient (Wildman–Crippen LogP) is 6.53. The lowest BCUT2D eigenvalue weighted by Gasteiger charge is -2.33. The Bertz CT molecular complexity index is 1460. The van der Waals surface area contributed by atoms with Crippen molar-refractivity contribution in [1.29, 1.82) is 0 Å². The van der Waals surface area contributed by atoms with E-state index in [1.54, 1.807) is 48.5 Å². The molecule has 0 spiro atoms. The lowest BCUT2D eigenvalue weighted by molar-refractivity contribution is -0.140. The summed E-state index contributed by atoms with van der Waals surface area (Å²) >= 11 is 12.5. The fraction of sp³-hybridized carbons (Fsp3) is 0.355. The standard InChI is InChI=1S/C31H37Cl2N3O4S/c1-6-23(5)34-31(38)29(7-2)35(19-24-11-13-25(32)14-12-24)30(37)20-36(26-15-10-22(4)28(33)18-26)41(39,40)27-16-8-21(3)9-17-27/h8-18,23,29H,6-7,19-20H2,1-5H3,(H,34,38)/t23-,29-/m0/s1. The summed E-state index contributed by atoms with van der Waals surface area (Å²) in [4.78, 5) is 28.9. The van der Waals surface area contributed by atoms with Crippen molar-refractivity contribution in [2.75, 3.05) is 10.8 Å². The van der Waals surface area contributed by atoms with Crippen molar-refractivity contribution in [3.63, 3.8) is 0 Å². The molecule has 7 nitrogen and oxygen atoms in total. The highest BCUT2D eigenvalue weighted by Gasteiger charge is 2.34. The van der Waals surface area contributed by atoms with E-state index in [9.17, 15) is 18.0 Å². The lowest BCUT2D eigenvalue weighted by Crippen LogP contribution is -2.53. The van der Waals surface area contributed by atoms with E-state index >= 15 is 0 Å². The quantitative estimate of drug-likeness (QED) is 0.250. The van der Waals surface area contributed by atoms with Gasteiger partial charge in [0.15, 0.2) is 0 Å². The maximum atomic E-state index is 14.1. The van der Waals surface area contributed by atoms with E-state index in [-0.39, 0.29) is 29.1 Å². The molecule has 0 heterocycles. The van der Waals surface area contributed by atoms with E-state index in [0.717, 1.165) is 27.4 Å². The Balaban J connectivity index is 2.08. The summed E-state index contributed by atoms with van der Waals surface area (Å²) in [7, 11) is -4.17. The van der Waals surface area contributed by atoms with Gasteiger partial charge in [-0.2, -0.15) is 0 Å². The second kappa shape index (κ2) is 14.2. The molecule has 10 heteroatoms. The molecular weight excluding hydrogens is 581 g/mol. The summed E-state index contributed by atoms with van der Waals surface area (Å²) < 4.78 is 29.0. The van der Waals surface area contributed by atoms with Gasteiger partial charge in [0, 0.05) is 22.6 Å². The van der Waals surface area contributed by atoms with E-state index < -0.39 is 28.5 Å². The SMILES string of the molecule is CC[C@H](C)NC(=O)[C@H](CC)N(Cc1ccc(Cl)cc1)C(=O)CN(c1ccc(C)c(Cl)c1)S(=O)(=O)c1ccc(C)cc1. The summed E-state index contributed by atoms with van der Waals surface area (Å²) in [6.07, 6.45) is 1.06. The molecule has 220 valence electrons. The van der Waals surface area contributed by atoms with Gasteiger partial charge in [0.05, 0.1) is 10.6 Å². The van der Waals surface area contributed by atoms with Gasteiger partial charge in [0.2, 0.25) is 11.8 Å². The van der Waals surface area contributed by atoms with Crippen LogP contribution in [0.25, 0.3) is 0 Å². The van der Waals surface area contributed by atoms with Crippen LogP contribution in [0.1, 0.15) is 50.3 Å². The van der Waals surface area contributed by atoms with Crippen molar-refractivity contribution in [1.82, 2.24) is 10.2 Å². The first-order chi connectivity index (χ1) is 19.4. The number of amides is 2. The maximum Gasteiger partial charge on any atom is 0.264 e. The third kappa shape index (κ3) is 8.24. The normalized spacial score (nSPS) is 12.9. The van der Waals surface area contributed by atoms with Crippen molar-refractivity contribution in [2.45, 2.75) is 71.0 Å². The van der Waals surface area contributed by atoms with E-state index in [4.69, 9.17) is 23.2 Å². The van der Waals surface area contributed by atoms with Crippen LogP contribution in [0.4, 0.5) is 5.69 Å². The number of nitrogens with one attached hydrogen (secondary N) is 1. The van der Waals surface area contributed by atoms with E-state index in [1.165, 1.54) is 23.1 Å². The lowest BCUT2D eigenvalue weighted by atomic mass is 10.1. The number of nitrogens with zero attached hydrogens (tertiary/aromatic N) is 2. The van der Waals surface area contributed by atoms with Crippen LogP contribution in [0.5, 0.6) is 0 Å². The predicted molar refractivity (Wildman–Crippen MR) is 166 cm³/mol. The van der Waals surface area contributed by atoms with Crippen molar-refractivity contribution in [2.24, 2.45) is 0 Å². The number of carbonyl (C=O) groups excluding carboxylic acids is 2. The van der Waals surface area contributed by atoms with Crippen LogP contribution in [-0.4, -0.2) is 43.8 Å². The molecule has 0 aliphatic heterocycles. The van der Waals surface area contributed by atoms with Gasteiger partial charge < -0.3 is 10.2 Å². The number of carbonyl (C=O) groups is 2. The van der Waals surface area contributed by atoms with Gasteiger partial charge in [0.1, 0.15) is 12.6 Å². The topological polar surface area (TPSA) is 86.8 Å². The first kappa shape index (κ1) is 32.4. The van der Waals surface area contributed by atoms with Crippen LogP contribution < -0.4 is 9.62 Å². The molecule has 2 atom stereocenters. The van der Waals surface area contributed by atoms with Gasteiger partial charge in [0.25, 0.3) is 10.0 Å². The fourth-order valence-corrected chi connectivity index (χ4v) is 5.96. The Hall–Kier alpha value is -3.07. The van der Waals surface area contributed by atoms with Crippen LogP contribution in [-0.2, 0) is 26.2 Å². The zero-order chi connectivity index (χ0) is 30.3. The number of aryl methyl sites for hydroxylation is 2. The monoisotopic (exact) mass is 617 g/mol. The van der Waals surface area contributed by atoms with Crippen molar-refractivity contribution in [3.05, 3.63) is 93.5 Å². The second-order valence-electron chi connectivity index (χ2n) is 10.1. The fourth-order valence-electron chi connectivity index (χ4n) is 4.25. The van der Waals surface area contributed by atoms with Crippen LogP contribution in [0.2, 0.25) is 10.0 Å². The van der Waals surface area contributed by atoms with E-state index in [1.807, 2.05) is 34.6 Å². The molecule has 0 unspecified atom stereocenters. The number of sulfonamides is 1. The molecule has 0 aliphatic carbocycles. The number of anilines is 1. The molecule has 0 aromatic heterocycles. The van der Waals surface area contributed by atoms with E-state index in [2.05, 4.69) is 5.32 Å². The molecule has 3 aromatic rings. The largest absolute Gasteiger partial charge is 0.352 e. The van der Waals surface area contributed by atoms with Crippen LogP contribution in [0.3, 0.4) is 0 Å². The molecule has 0 saturated heterocycles. The third-order valence-corrected chi connectivity index (χ3v) is 9.43. The van der Waals surface area contributed by atoms with Gasteiger partial charge in [-0.05, 0) is 81.1 Å². The molecular formula is C31H37Cl2N3O4S. The number of rotatable bonds is 12. The summed E-state index contributed by atoms with van der Waals surface area (Å²) in [6.45, 7) is 8.92. The third-order valence-electron chi connectivity index (χ3n) is 6.98. The number of hydrogen-bond acceptors (Lipinski definition) is 4. The zero-order valence-corrected chi connectivity index (χ0v) is 26.4. The van der Waals surface area contributed by atoms with Crippen LogP contribution in [0, 0.1) is 13.8 Å². The zero-order valence-electron chi connectivity index (χ0n) is 24.0. The van der Waals surface area contributed by atoms with Gasteiger partial charge >= 0.3 is 0 Å². The number of hydrogen-bond donors (Lipinski definition) is 1. The average Bonchev–Trinajstić information content (AvgIpc) is 2.94. The first-order valence-electron chi connectivity index (χ1n) is 13.6. The number of benzene rings is 3. The molecule has 1 N–H and O–H groups in total. The van der Waals surface area contributed by atoms with Crippen molar-refractivity contribution in [3.8, 4) is 0 Å². The van der Waals surface area contributed by atoms with Crippen molar-refractivity contribution >= 4 is 50.7 Å². The van der Waals surface area contributed by atoms with Gasteiger partial charge in [-0.15, -0.1) is 0 Å². The number of halogens is 2. The highest BCUT2D eigenvalue weighted by Crippen LogP contribution is 2.29. The highest BCUT2D eigenvalue weighted by atomic mass is 35.5. The molecule has 0 fully saturated rings. The van der Waals surface area contributed by atoms with Crippen LogP contribution >= 0.6 is 23.2 Å². The Morgan fingerprint density at radius 3 is 2.10 bits per heavy atom. The van der Waals surface area contributed by atoms with Gasteiger partial charge in [-0.1, -0.05) is 72.9 Å². The summed E-state index contributed by atoms with van der Waals surface area (Å²) in [5, 5.41) is 3.88. The van der Waals surface area contributed by atoms with Gasteiger partial charge in [-0.25, -0.2) is 8.42 Å². The molecule has 0 radical (unpaired) electrons. The molecule has 0 aliphatic rings.